The highest BCUT2D eigenvalue weighted by atomic mass is 16.5. The monoisotopic (exact) mass is 592 g/mol. The van der Waals surface area contributed by atoms with Crippen LogP contribution in [0.25, 0.3) is 16.6 Å². The van der Waals surface area contributed by atoms with E-state index in [-0.39, 0.29) is 11.7 Å². The molecule has 0 spiro atoms. The Bertz CT molecular complexity index is 1830. The molecule has 0 bridgehead atoms. The second-order valence-corrected chi connectivity index (χ2v) is 12.4. The van der Waals surface area contributed by atoms with E-state index >= 15 is 0 Å². The number of aromatic carboxylic acids is 1. The molecular weight excluding hydrogens is 556 g/mol. The lowest BCUT2D eigenvalue weighted by Gasteiger charge is -2.32. The van der Waals surface area contributed by atoms with Gasteiger partial charge in [0.15, 0.2) is 0 Å². The van der Waals surface area contributed by atoms with E-state index in [1.807, 2.05) is 22.7 Å². The van der Waals surface area contributed by atoms with Crippen LogP contribution in [0.3, 0.4) is 0 Å². The van der Waals surface area contributed by atoms with Gasteiger partial charge in [-0.2, -0.15) is 5.10 Å². The first-order chi connectivity index (χ1) is 21.6. The van der Waals surface area contributed by atoms with Gasteiger partial charge in [-0.15, -0.1) is 0 Å². The van der Waals surface area contributed by atoms with Crippen LogP contribution in [-0.2, 0) is 24.4 Å². The van der Waals surface area contributed by atoms with Crippen molar-refractivity contribution in [3.8, 4) is 5.88 Å². The van der Waals surface area contributed by atoms with Crippen molar-refractivity contribution in [3.05, 3.63) is 89.1 Å². The van der Waals surface area contributed by atoms with E-state index in [1.54, 1.807) is 12.1 Å². The number of carbonyl (C=O) groups is 1. The third-order valence-corrected chi connectivity index (χ3v) is 9.29. The number of likely N-dealkylation sites (tertiary alicyclic amines) is 1. The highest BCUT2D eigenvalue weighted by molar-refractivity contribution is 5.92. The molecule has 0 amide bonds. The minimum atomic E-state index is -0.927. The predicted molar refractivity (Wildman–Crippen MR) is 164 cm³/mol. The number of fused-ring (bicyclic) bond motifs is 2. The fourth-order valence-corrected chi connectivity index (χ4v) is 6.46. The van der Waals surface area contributed by atoms with E-state index < -0.39 is 5.97 Å². The number of hydrogen-bond acceptors (Lipinski definition) is 7. The molecular formula is C34H36N6O4. The van der Waals surface area contributed by atoms with Crippen LogP contribution in [0.5, 0.6) is 5.88 Å². The third-order valence-electron chi connectivity index (χ3n) is 9.29. The number of aromatic nitrogens is 5. The average Bonchev–Trinajstić information content (AvgIpc) is 3.70. The lowest BCUT2D eigenvalue weighted by molar-refractivity contribution is -0.0592. The van der Waals surface area contributed by atoms with Crippen LogP contribution in [0.2, 0.25) is 0 Å². The summed E-state index contributed by atoms with van der Waals surface area (Å²) in [5.41, 5.74) is 6.43. The van der Waals surface area contributed by atoms with Gasteiger partial charge in [-0.3, -0.25) is 4.90 Å². The summed E-state index contributed by atoms with van der Waals surface area (Å²) < 4.78 is 16.0. The van der Waals surface area contributed by atoms with Crippen LogP contribution >= 0.6 is 0 Å². The lowest BCUT2D eigenvalue weighted by Crippen LogP contribution is -2.35. The summed E-state index contributed by atoms with van der Waals surface area (Å²) in [5.74, 6) is 1.69. The molecule has 8 rings (SSSR count). The van der Waals surface area contributed by atoms with Crippen molar-refractivity contribution in [2.75, 3.05) is 19.7 Å². The zero-order valence-electron chi connectivity index (χ0n) is 24.6. The summed E-state index contributed by atoms with van der Waals surface area (Å²) in [6, 6.07) is 17.7. The molecule has 1 unspecified atom stereocenters. The molecule has 10 heteroatoms. The maximum absolute atomic E-state index is 11.6. The van der Waals surface area contributed by atoms with Gasteiger partial charge < -0.3 is 19.1 Å². The lowest BCUT2D eigenvalue weighted by atomic mass is 9.93. The average molecular weight is 593 g/mol. The summed E-state index contributed by atoms with van der Waals surface area (Å²) in [6.45, 7) is 4.52. The van der Waals surface area contributed by atoms with Gasteiger partial charge in [-0.05, 0) is 81.6 Å². The highest BCUT2D eigenvalue weighted by Gasteiger charge is 2.27. The van der Waals surface area contributed by atoms with E-state index in [0.29, 0.717) is 30.9 Å². The van der Waals surface area contributed by atoms with E-state index in [4.69, 9.17) is 24.5 Å². The Hall–Kier alpha value is -4.28. The SMILES string of the molecule is O=C(O)c1ccc2nc(CN3CCC(c4cccc(OCc5ccc6cc(C7CC7)nn6c5)n4)CC3)n(CC3CCO3)c2c1. The molecule has 3 fully saturated rings. The van der Waals surface area contributed by atoms with Crippen LogP contribution in [-0.4, -0.2) is 65.9 Å². The molecule has 1 atom stereocenters. The van der Waals surface area contributed by atoms with Crippen molar-refractivity contribution >= 4 is 22.5 Å². The van der Waals surface area contributed by atoms with Crippen molar-refractivity contribution < 1.29 is 19.4 Å². The maximum Gasteiger partial charge on any atom is 0.335 e. The number of ether oxygens (including phenoxy) is 2. The first-order valence-electron chi connectivity index (χ1n) is 15.7. The number of pyridine rings is 2. The molecule has 6 heterocycles. The van der Waals surface area contributed by atoms with Crippen molar-refractivity contribution in [2.24, 2.45) is 0 Å². The van der Waals surface area contributed by atoms with Gasteiger partial charge >= 0.3 is 5.97 Å². The first-order valence-corrected chi connectivity index (χ1v) is 15.7. The van der Waals surface area contributed by atoms with Gasteiger partial charge in [0.2, 0.25) is 5.88 Å². The number of hydrogen-bond donors (Lipinski definition) is 1. The molecule has 5 aromatic rings. The summed E-state index contributed by atoms with van der Waals surface area (Å²) in [5, 5.41) is 14.3. The van der Waals surface area contributed by atoms with Gasteiger partial charge in [0.1, 0.15) is 12.4 Å². The smallest absolute Gasteiger partial charge is 0.335 e. The standard InChI is InChI=1S/C34H36N6O4/c41-34(42)25-7-9-29-31(16-25)39(19-27-12-15-43-27)32(35-29)20-38-13-10-24(11-14-38)28-2-1-3-33(36-28)44-21-22-4-8-26-17-30(23-5-6-23)37-40(26)18-22/h1-4,7-9,16-18,23-24,27H,5-6,10-15,19-21H2,(H,41,42). The molecule has 1 aromatic carbocycles. The molecule has 226 valence electrons. The predicted octanol–water partition coefficient (Wildman–Crippen LogP) is 5.40. The fraction of sp³-hybridized carbons (Fsp3) is 0.412. The Balaban J connectivity index is 0.909. The molecule has 1 aliphatic carbocycles. The van der Waals surface area contributed by atoms with E-state index in [0.717, 1.165) is 79.1 Å². The molecule has 2 saturated heterocycles. The number of benzene rings is 1. The van der Waals surface area contributed by atoms with Crippen molar-refractivity contribution in [1.82, 2.24) is 29.0 Å². The molecule has 2 aliphatic heterocycles. The summed E-state index contributed by atoms with van der Waals surface area (Å²) >= 11 is 0. The molecule has 0 radical (unpaired) electrons. The van der Waals surface area contributed by atoms with Crippen LogP contribution in [0.4, 0.5) is 0 Å². The molecule has 3 aliphatic rings. The second-order valence-electron chi connectivity index (χ2n) is 12.4. The van der Waals surface area contributed by atoms with Crippen molar-refractivity contribution in [1.29, 1.82) is 0 Å². The zero-order chi connectivity index (χ0) is 29.6. The Kier molecular flexibility index (Phi) is 7.03. The van der Waals surface area contributed by atoms with Crippen molar-refractivity contribution in [2.45, 2.75) is 69.7 Å². The molecule has 4 aromatic heterocycles. The van der Waals surface area contributed by atoms with Crippen molar-refractivity contribution in [3.63, 3.8) is 0 Å². The van der Waals surface area contributed by atoms with Gasteiger partial charge in [0.05, 0.1) is 47.0 Å². The molecule has 10 nitrogen and oxygen atoms in total. The van der Waals surface area contributed by atoms with Crippen LogP contribution < -0.4 is 4.74 Å². The number of nitrogens with zero attached hydrogens (tertiary/aromatic N) is 6. The molecule has 44 heavy (non-hydrogen) atoms. The van der Waals surface area contributed by atoms with E-state index in [2.05, 4.69) is 39.9 Å². The third kappa shape index (κ3) is 5.55. The van der Waals surface area contributed by atoms with Gasteiger partial charge in [0.25, 0.3) is 0 Å². The second kappa shape index (κ2) is 11.3. The van der Waals surface area contributed by atoms with Gasteiger partial charge in [-0.25, -0.2) is 19.3 Å². The number of imidazole rings is 1. The van der Waals surface area contributed by atoms with Crippen LogP contribution in [0.15, 0.2) is 60.8 Å². The normalized spacial score (nSPS) is 19.4. The minimum absolute atomic E-state index is 0.152. The summed E-state index contributed by atoms with van der Waals surface area (Å²) in [4.78, 5) is 23.9. The Morgan fingerprint density at radius 1 is 0.955 bits per heavy atom. The maximum atomic E-state index is 11.6. The van der Waals surface area contributed by atoms with Gasteiger partial charge in [-0.1, -0.05) is 12.1 Å². The Labute approximate surface area is 255 Å². The van der Waals surface area contributed by atoms with E-state index in [9.17, 15) is 9.90 Å². The first kappa shape index (κ1) is 27.3. The van der Waals surface area contributed by atoms with Gasteiger partial charge in [0, 0.05) is 42.0 Å². The summed E-state index contributed by atoms with van der Waals surface area (Å²) in [6.07, 6.45) is 7.72. The number of rotatable bonds is 10. The molecule has 1 N–H and O–H groups in total. The highest BCUT2D eigenvalue weighted by Crippen LogP contribution is 2.39. The number of carboxylic acid groups (broad SMARTS) is 1. The quantitative estimate of drug-likeness (QED) is 0.230. The molecule has 1 saturated carbocycles. The fourth-order valence-electron chi connectivity index (χ4n) is 6.46. The number of carboxylic acids is 1. The van der Waals surface area contributed by atoms with E-state index in [1.165, 1.54) is 18.5 Å². The largest absolute Gasteiger partial charge is 0.478 e. The van der Waals surface area contributed by atoms with Crippen LogP contribution in [0, 0.1) is 0 Å². The Morgan fingerprint density at radius 3 is 2.57 bits per heavy atom. The van der Waals surface area contributed by atoms with Crippen LogP contribution in [0.1, 0.15) is 77.1 Å². The minimum Gasteiger partial charge on any atom is -0.478 e. The summed E-state index contributed by atoms with van der Waals surface area (Å²) in [7, 11) is 0. The number of piperidine rings is 1. The Morgan fingerprint density at radius 2 is 1.80 bits per heavy atom. The zero-order valence-corrected chi connectivity index (χ0v) is 24.6. The topological polar surface area (TPSA) is 107 Å².